The lowest BCUT2D eigenvalue weighted by Crippen LogP contribution is -2.26. The van der Waals surface area contributed by atoms with E-state index in [9.17, 15) is 9.59 Å². The molecule has 23 heavy (non-hydrogen) atoms. The molecular formula is C17H20N4O2. The molecule has 1 aromatic heterocycles. The zero-order valence-corrected chi connectivity index (χ0v) is 13.2. The van der Waals surface area contributed by atoms with Crippen LogP contribution in [0.25, 0.3) is 5.69 Å². The predicted molar refractivity (Wildman–Crippen MR) is 90.6 cm³/mol. The highest BCUT2D eigenvalue weighted by molar-refractivity contribution is 6.05. The standard InChI is InChI=1S/C17H20N4O2/c1-12(22)20-16(18)15(14-10-6-3-7-11-19-14)17(23)21(20)13-8-4-2-5-9-13/h2,4-5,8-9H,3,6-7,10-11,18H2,1H3. The van der Waals surface area contributed by atoms with Gasteiger partial charge in [-0.2, -0.15) is 4.68 Å². The molecule has 1 aromatic carbocycles. The molecule has 0 saturated carbocycles. The number of anilines is 1. The maximum Gasteiger partial charge on any atom is 0.283 e. The Balaban J connectivity index is 2.25. The van der Waals surface area contributed by atoms with Gasteiger partial charge in [0.15, 0.2) is 0 Å². The third-order valence-corrected chi connectivity index (χ3v) is 4.05. The number of carbonyl (C=O) groups is 1. The molecule has 120 valence electrons. The molecule has 0 bridgehead atoms. The molecule has 0 radical (unpaired) electrons. The van der Waals surface area contributed by atoms with Gasteiger partial charge in [-0.1, -0.05) is 24.6 Å². The molecule has 0 saturated heterocycles. The third kappa shape index (κ3) is 2.72. The topological polar surface area (TPSA) is 82.4 Å². The molecule has 0 unspecified atom stereocenters. The summed E-state index contributed by atoms with van der Waals surface area (Å²) < 4.78 is 2.57. The summed E-state index contributed by atoms with van der Waals surface area (Å²) in [6.45, 7) is 2.10. The SMILES string of the molecule is CC(=O)n1c(N)c(C2=NCCCCC2)c(=O)n1-c1ccccc1. The summed E-state index contributed by atoms with van der Waals surface area (Å²) in [5.41, 5.74) is 7.57. The van der Waals surface area contributed by atoms with Gasteiger partial charge in [0.05, 0.1) is 11.4 Å². The number of hydrogen-bond acceptors (Lipinski definition) is 4. The highest BCUT2D eigenvalue weighted by Gasteiger charge is 2.25. The highest BCUT2D eigenvalue weighted by Crippen LogP contribution is 2.19. The number of nitrogens with zero attached hydrogens (tertiary/aromatic N) is 3. The number of para-hydroxylation sites is 1. The van der Waals surface area contributed by atoms with Crippen molar-refractivity contribution in [1.29, 1.82) is 0 Å². The van der Waals surface area contributed by atoms with Gasteiger partial charge in [0, 0.05) is 13.5 Å². The molecule has 6 heteroatoms. The van der Waals surface area contributed by atoms with Gasteiger partial charge in [0.2, 0.25) is 5.91 Å². The average Bonchev–Trinajstić information content (AvgIpc) is 2.72. The monoisotopic (exact) mass is 312 g/mol. The van der Waals surface area contributed by atoms with Crippen LogP contribution in [0.2, 0.25) is 0 Å². The fraction of sp³-hybridized carbons (Fsp3) is 0.353. The Morgan fingerprint density at radius 1 is 1.17 bits per heavy atom. The van der Waals surface area contributed by atoms with E-state index in [4.69, 9.17) is 5.73 Å². The number of aromatic nitrogens is 2. The Hall–Kier alpha value is -2.63. The molecular weight excluding hydrogens is 292 g/mol. The summed E-state index contributed by atoms with van der Waals surface area (Å²) in [7, 11) is 0. The Bertz CT molecular complexity index is 815. The van der Waals surface area contributed by atoms with Crippen LogP contribution in [0.5, 0.6) is 0 Å². The molecule has 0 fully saturated rings. The smallest absolute Gasteiger partial charge is 0.283 e. The second-order valence-corrected chi connectivity index (χ2v) is 5.68. The summed E-state index contributed by atoms with van der Waals surface area (Å²) in [4.78, 5) is 29.5. The molecule has 2 heterocycles. The van der Waals surface area contributed by atoms with E-state index in [0.29, 0.717) is 17.8 Å². The van der Waals surface area contributed by atoms with Crippen molar-refractivity contribution >= 4 is 17.4 Å². The van der Waals surface area contributed by atoms with E-state index in [0.717, 1.165) is 31.4 Å². The second kappa shape index (κ2) is 6.24. The van der Waals surface area contributed by atoms with E-state index in [2.05, 4.69) is 4.99 Å². The van der Waals surface area contributed by atoms with Gasteiger partial charge in [0.1, 0.15) is 11.4 Å². The van der Waals surface area contributed by atoms with E-state index in [1.165, 1.54) is 16.3 Å². The highest BCUT2D eigenvalue weighted by atomic mass is 16.2. The largest absolute Gasteiger partial charge is 0.383 e. The van der Waals surface area contributed by atoms with Gasteiger partial charge in [-0.05, 0) is 31.4 Å². The average molecular weight is 312 g/mol. The van der Waals surface area contributed by atoms with Gasteiger partial charge in [-0.3, -0.25) is 14.6 Å². The maximum absolute atomic E-state index is 13.0. The van der Waals surface area contributed by atoms with Crippen LogP contribution in [-0.2, 0) is 0 Å². The summed E-state index contributed by atoms with van der Waals surface area (Å²) >= 11 is 0. The first-order valence-electron chi connectivity index (χ1n) is 7.85. The maximum atomic E-state index is 13.0. The Kier molecular flexibility index (Phi) is 4.14. The van der Waals surface area contributed by atoms with E-state index >= 15 is 0 Å². The van der Waals surface area contributed by atoms with Crippen LogP contribution in [0.3, 0.4) is 0 Å². The minimum absolute atomic E-state index is 0.173. The molecule has 0 spiro atoms. The summed E-state index contributed by atoms with van der Waals surface area (Å²) in [6.07, 6.45) is 3.81. The zero-order valence-electron chi connectivity index (χ0n) is 13.2. The van der Waals surface area contributed by atoms with Crippen molar-refractivity contribution in [2.45, 2.75) is 32.6 Å². The first-order chi connectivity index (χ1) is 11.1. The third-order valence-electron chi connectivity index (χ3n) is 4.05. The molecule has 2 N–H and O–H groups in total. The second-order valence-electron chi connectivity index (χ2n) is 5.68. The first-order valence-corrected chi connectivity index (χ1v) is 7.85. The van der Waals surface area contributed by atoms with Crippen molar-refractivity contribution in [1.82, 2.24) is 9.36 Å². The van der Waals surface area contributed by atoms with E-state index in [1.54, 1.807) is 12.1 Å². The molecule has 2 aromatic rings. The number of benzene rings is 1. The van der Waals surface area contributed by atoms with Gasteiger partial charge in [0.25, 0.3) is 5.56 Å². The molecule has 3 rings (SSSR count). The minimum Gasteiger partial charge on any atom is -0.383 e. The Morgan fingerprint density at radius 2 is 1.91 bits per heavy atom. The van der Waals surface area contributed by atoms with E-state index in [1.807, 2.05) is 18.2 Å². The van der Waals surface area contributed by atoms with Crippen LogP contribution < -0.4 is 11.3 Å². The quantitative estimate of drug-likeness (QED) is 0.923. The van der Waals surface area contributed by atoms with Crippen LogP contribution >= 0.6 is 0 Å². The normalized spacial score (nSPS) is 15.1. The molecule has 6 nitrogen and oxygen atoms in total. The summed E-state index contributed by atoms with van der Waals surface area (Å²) in [5.74, 6) is -0.129. The lowest BCUT2D eigenvalue weighted by molar-refractivity contribution is 0.0915. The van der Waals surface area contributed by atoms with Crippen LogP contribution in [-0.4, -0.2) is 27.5 Å². The summed E-state index contributed by atoms with van der Waals surface area (Å²) in [6, 6.07) is 9.05. The zero-order chi connectivity index (χ0) is 16.4. The molecule has 0 atom stereocenters. The van der Waals surface area contributed by atoms with Gasteiger partial charge < -0.3 is 5.73 Å². The Morgan fingerprint density at radius 3 is 2.61 bits per heavy atom. The van der Waals surface area contributed by atoms with Crippen molar-refractivity contribution in [3.05, 3.63) is 46.2 Å². The van der Waals surface area contributed by atoms with Crippen LogP contribution in [0.15, 0.2) is 40.1 Å². The minimum atomic E-state index is -0.302. The fourth-order valence-corrected chi connectivity index (χ4v) is 2.98. The van der Waals surface area contributed by atoms with Crippen molar-refractivity contribution in [2.24, 2.45) is 4.99 Å². The number of rotatable bonds is 2. The van der Waals surface area contributed by atoms with Gasteiger partial charge >= 0.3 is 0 Å². The van der Waals surface area contributed by atoms with Gasteiger partial charge in [-0.15, -0.1) is 0 Å². The summed E-state index contributed by atoms with van der Waals surface area (Å²) in [5, 5.41) is 0. The Labute approximate surface area is 134 Å². The van der Waals surface area contributed by atoms with Crippen LogP contribution in [0, 0.1) is 0 Å². The van der Waals surface area contributed by atoms with Crippen molar-refractivity contribution in [2.75, 3.05) is 12.3 Å². The number of hydrogen-bond donors (Lipinski definition) is 1. The number of carbonyl (C=O) groups excluding carboxylic acids is 1. The number of nitrogen functional groups attached to an aromatic ring is 1. The molecule has 1 aliphatic rings. The van der Waals surface area contributed by atoms with E-state index in [-0.39, 0.29) is 17.3 Å². The number of nitrogens with two attached hydrogens (primary N) is 1. The lowest BCUT2D eigenvalue weighted by atomic mass is 10.1. The molecule has 0 aliphatic carbocycles. The van der Waals surface area contributed by atoms with E-state index < -0.39 is 0 Å². The predicted octanol–water partition coefficient (Wildman–Crippen LogP) is 2.24. The molecule has 0 amide bonds. The molecule has 1 aliphatic heterocycles. The van der Waals surface area contributed by atoms with Crippen molar-refractivity contribution < 1.29 is 4.79 Å². The van der Waals surface area contributed by atoms with Gasteiger partial charge in [-0.25, -0.2) is 4.68 Å². The van der Waals surface area contributed by atoms with Crippen molar-refractivity contribution in [3.8, 4) is 5.69 Å². The lowest BCUT2D eigenvalue weighted by Gasteiger charge is -2.09. The fourth-order valence-electron chi connectivity index (χ4n) is 2.98. The van der Waals surface area contributed by atoms with Crippen molar-refractivity contribution in [3.63, 3.8) is 0 Å². The van der Waals surface area contributed by atoms with Crippen LogP contribution in [0.1, 0.15) is 43.0 Å². The van der Waals surface area contributed by atoms with Crippen LogP contribution in [0.4, 0.5) is 5.82 Å². The number of aliphatic imine (C=N–C) groups is 1. The first kappa shape index (κ1) is 15.3.